The van der Waals surface area contributed by atoms with Crippen LogP contribution in [0.3, 0.4) is 0 Å². The number of carbonyl (C=O) groups excluding carboxylic acids is 2. The summed E-state index contributed by atoms with van der Waals surface area (Å²) < 4.78 is 5.73. The molecule has 0 aliphatic rings. The number of aryl methyl sites for hydroxylation is 2. The van der Waals surface area contributed by atoms with Crippen LogP contribution in [0, 0.1) is 13.8 Å². The molecule has 0 unspecified atom stereocenters. The fourth-order valence-electron chi connectivity index (χ4n) is 1.99. The minimum absolute atomic E-state index is 0.0863. The van der Waals surface area contributed by atoms with Crippen molar-refractivity contribution in [1.82, 2.24) is 4.98 Å². The third-order valence-corrected chi connectivity index (χ3v) is 5.47. The summed E-state index contributed by atoms with van der Waals surface area (Å²) in [7, 11) is 1.28. The summed E-state index contributed by atoms with van der Waals surface area (Å²) in [5.41, 5.74) is 3.12. The quantitative estimate of drug-likeness (QED) is 0.603. The molecule has 2 aromatic rings. The van der Waals surface area contributed by atoms with Gasteiger partial charge in [-0.05, 0) is 37.1 Å². The van der Waals surface area contributed by atoms with Crippen LogP contribution in [0.5, 0.6) is 0 Å². The molecule has 0 saturated carbocycles. The molecule has 4 nitrogen and oxygen atoms in total. The second kappa shape index (κ2) is 6.07. The lowest BCUT2D eigenvalue weighted by molar-refractivity contribution is 0.0591. The topological polar surface area (TPSA) is 56.3 Å². The first-order valence-electron chi connectivity index (χ1n) is 6.22. The largest absolute Gasteiger partial charge is 0.464 e. The van der Waals surface area contributed by atoms with Crippen molar-refractivity contribution >= 4 is 39.0 Å². The van der Waals surface area contributed by atoms with E-state index in [2.05, 4.69) is 25.7 Å². The molecular formula is C15H14BrNO3S. The van der Waals surface area contributed by atoms with E-state index in [9.17, 15) is 9.59 Å². The maximum absolute atomic E-state index is 11.7. The third kappa shape index (κ3) is 3.06. The van der Waals surface area contributed by atoms with Gasteiger partial charge in [0, 0.05) is 17.0 Å². The van der Waals surface area contributed by atoms with E-state index in [0.717, 1.165) is 21.2 Å². The Bertz CT molecular complexity index is 714. The molecule has 0 amide bonds. The van der Waals surface area contributed by atoms with Gasteiger partial charge in [0.25, 0.3) is 0 Å². The number of hydrogen-bond acceptors (Lipinski definition) is 5. The Morgan fingerprint density at radius 2 is 1.81 bits per heavy atom. The van der Waals surface area contributed by atoms with Crippen molar-refractivity contribution in [2.24, 2.45) is 0 Å². The van der Waals surface area contributed by atoms with E-state index in [1.165, 1.54) is 25.4 Å². The van der Waals surface area contributed by atoms with Crippen molar-refractivity contribution in [3.05, 3.63) is 38.3 Å². The van der Waals surface area contributed by atoms with Gasteiger partial charge in [0.15, 0.2) is 11.5 Å². The van der Waals surface area contributed by atoms with Gasteiger partial charge in [-0.15, -0.1) is 11.3 Å². The summed E-state index contributed by atoms with van der Waals surface area (Å²) in [4.78, 5) is 28.0. The van der Waals surface area contributed by atoms with Crippen LogP contribution in [-0.2, 0) is 4.74 Å². The fourth-order valence-corrected chi connectivity index (χ4v) is 3.15. The third-order valence-electron chi connectivity index (χ3n) is 3.01. The maximum Gasteiger partial charge on any atom is 0.358 e. The number of benzene rings is 1. The molecular weight excluding hydrogens is 354 g/mol. The molecule has 0 saturated heterocycles. The summed E-state index contributed by atoms with van der Waals surface area (Å²) >= 11 is 4.73. The highest BCUT2D eigenvalue weighted by molar-refractivity contribution is 9.10. The number of methoxy groups -OCH3 is 1. The highest BCUT2D eigenvalue weighted by atomic mass is 79.9. The number of carbonyl (C=O) groups is 2. The van der Waals surface area contributed by atoms with Crippen molar-refractivity contribution in [3.8, 4) is 10.6 Å². The number of hydrogen-bond donors (Lipinski definition) is 0. The zero-order chi connectivity index (χ0) is 15.7. The molecule has 0 radical (unpaired) electrons. The van der Waals surface area contributed by atoms with Crippen LogP contribution >= 0.6 is 27.3 Å². The average molecular weight is 368 g/mol. The number of nitrogens with zero attached hydrogens (tertiary/aromatic N) is 1. The van der Waals surface area contributed by atoms with E-state index in [1.807, 2.05) is 26.0 Å². The Morgan fingerprint density at radius 3 is 2.29 bits per heavy atom. The maximum atomic E-state index is 11.7. The Morgan fingerprint density at radius 1 is 1.24 bits per heavy atom. The Balaban J connectivity index is 2.60. The number of aromatic nitrogens is 1. The van der Waals surface area contributed by atoms with Gasteiger partial charge in [-0.3, -0.25) is 4.79 Å². The van der Waals surface area contributed by atoms with Crippen molar-refractivity contribution < 1.29 is 14.3 Å². The van der Waals surface area contributed by atoms with Gasteiger partial charge < -0.3 is 4.74 Å². The molecule has 0 aliphatic carbocycles. The highest BCUT2D eigenvalue weighted by Gasteiger charge is 2.22. The first-order chi connectivity index (χ1) is 9.85. The van der Waals surface area contributed by atoms with Crippen LogP contribution < -0.4 is 0 Å². The van der Waals surface area contributed by atoms with Crippen LogP contribution in [0.15, 0.2) is 16.6 Å². The van der Waals surface area contributed by atoms with Gasteiger partial charge in [-0.25, -0.2) is 9.78 Å². The molecule has 1 heterocycles. The average Bonchev–Trinajstić information content (AvgIpc) is 2.88. The monoisotopic (exact) mass is 367 g/mol. The van der Waals surface area contributed by atoms with E-state index in [0.29, 0.717) is 9.88 Å². The van der Waals surface area contributed by atoms with Crippen LogP contribution in [0.2, 0.25) is 0 Å². The Kier molecular flexibility index (Phi) is 4.58. The van der Waals surface area contributed by atoms with Crippen LogP contribution in [0.1, 0.15) is 38.2 Å². The number of esters is 1. The van der Waals surface area contributed by atoms with Crippen LogP contribution in [0.25, 0.3) is 10.6 Å². The van der Waals surface area contributed by atoms with Gasteiger partial charge >= 0.3 is 5.97 Å². The second-order valence-corrected chi connectivity index (χ2v) is 6.46. The molecule has 0 N–H and O–H groups in total. The fraction of sp³-hybridized carbons (Fsp3) is 0.267. The molecule has 0 aliphatic heterocycles. The number of ketones is 1. The van der Waals surface area contributed by atoms with Crippen molar-refractivity contribution in [2.45, 2.75) is 20.8 Å². The van der Waals surface area contributed by atoms with E-state index in [-0.39, 0.29) is 11.5 Å². The molecule has 110 valence electrons. The molecule has 0 fully saturated rings. The first kappa shape index (κ1) is 15.9. The molecule has 0 spiro atoms. The summed E-state index contributed by atoms with van der Waals surface area (Å²) in [6.45, 7) is 5.39. The van der Waals surface area contributed by atoms with Crippen molar-refractivity contribution in [1.29, 1.82) is 0 Å². The van der Waals surface area contributed by atoms with E-state index in [4.69, 9.17) is 0 Å². The lowest BCUT2D eigenvalue weighted by atomic mass is 10.1. The number of rotatable bonds is 3. The minimum Gasteiger partial charge on any atom is -0.464 e. The molecule has 21 heavy (non-hydrogen) atoms. The lowest BCUT2D eigenvalue weighted by Gasteiger charge is -2.05. The molecule has 0 atom stereocenters. The summed E-state index contributed by atoms with van der Waals surface area (Å²) in [6.07, 6.45) is 0. The highest BCUT2D eigenvalue weighted by Crippen LogP contribution is 2.33. The number of thiazole rings is 1. The van der Waals surface area contributed by atoms with Gasteiger partial charge in [-0.2, -0.15) is 0 Å². The SMILES string of the molecule is COC(=O)c1nc(-c2cc(C)c(Br)c(C)c2)sc1C(C)=O. The van der Waals surface area contributed by atoms with Gasteiger partial charge in [0.1, 0.15) is 9.88 Å². The van der Waals surface area contributed by atoms with E-state index >= 15 is 0 Å². The van der Waals surface area contributed by atoms with Gasteiger partial charge in [-0.1, -0.05) is 15.9 Å². The Hall–Kier alpha value is -1.53. The summed E-state index contributed by atoms with van der Waals surface area (Å²) in [5.74, 6) is -0.780. The smallest absolute Gasteiger partial charge is 0.358 e. The molecule has 1 aromatic carbocycles. The normalized spacial score (nSPS) is 10.5. The molecule has 2 rings (SSSR count). The Labute approximate surface area is 135 Å². The van der Waals surface area contributed by atoms with E-state index < -0.39 is 5.97 Å². The zero-order valence-corrected chi connectivity index (χ0v) is 14.5. The molecule has 0 bridgehead atoms. The summed E-state index contributed by atoms with van der Waals surface area (Å²) in [6, 6.07) is 3.95. The van der Waals surface area contributed by atoms with Gasteiger partial charge in [0.05, 0.1) is 7.11 Å². The summed E-state index contributed by atoms with van der Waals surface area (Å²) in [5, 5.41) is 0.638. The number of Topliss-reactive ketones (excluding diaryl/α,β-unsaturated/α-hetero) is 1. The van der Waals surface area contributed by atoms with E-state index in [1.54, 1.807) is 0 Å². The lowest BCUT2D eigenvalue weighted by Crippen LogP contribution is -2.06. The van der Waals surface area contributed by atoms with Crippen LogP contribution in [-0.4, -0.2) is 23.8 Å². The number of halogens is 1. The van der Waals surface area contributed by atoms with Gasteiger partial charge in [0.2, 0.25) is 0 Å². The first-order valence-corrected chi connectivity index (χ1v) is 7.83. The van der Waals surface area contributed by atoms with Crippen molar-refractivity contribution in [3.63, 3.8) is 0 Å². The molecule has 1 aromatic heterocycles. The zero-order valence-electron chi connectivity index (χ0n) is 12.1. The second-order valence-electron chi connectivity index (χ2n) is 4.67. The standard InChI is InChI=1S/C15H14BrNO3S/c1-7-5-10(6-8(2)11(7)16)14-17-12(15(19)20-4)13(21-14)9(3)18/h5-6H,1-4H3. The van der Waals surface area contributed by atoms with Crippen LogP contribution in [0.4, 0.5) is 0 Å². The predicted octanol–water partition coefficient (Wildman–Crippen LogP) is 4.18. The predicted molar refractivity (Wildman–Crippen MR) is 86.1 cm³/mol. The molecule has 6 heteroatoms. The number of ether oxygens (including phenoxy) is 1. The minimum atomic E-state index is -0.590. The van der Waals surface area contributed by atoms with Crippen molar-refractivity contribution in [2.75, 3.05) is 7.11 Å².